The van der Waals surface area contributed by atoms with Gasteiger partial charge in [-0.25, -0.2) is 0 Å². The van der Waals surface area contributed by atoms with E-state index in [1.807, 2.05) is 18.7 Å². The molecule has 0 bridgehead atoms. The number of aromatic nitrogens is 2. The smallest absolute Gasteiger partial charge is 0.0739 e. The summed E-state index contributed by atoms with van der Waals surface area (Å²) in [7, 11) is 1.96. The van der Waals surface area contributed by atoms with Crippen molar-refractivity contribution >= 4 is 15.9 Å². The summed E-state index contributed by atoms with van der Waals surface area (Å²) in [4.78, 5) is 0. The van der Waals surface area contributed by atoms with Gasteiger partial charge < -0.3 is 10.4 Å². The van der Waals surface area contributed by atoms with Gasteiger partial charge in [-0.3, -0.25) is 4.68 Å². The number of hydrogen-bond acceptors (Lipinski definition) is 3. The number of halogens is 1. The summed E-state index contributed by atoms with van der Waals surface area (Å²) in [6.45, 7) is 6.17. The summed E-state index contributed by atoms with van der Waals surface area (Å²) in [6, 6.07) is 0. The lowest BCUT2D eigenvalue weighted by Gasteiger charge is -2.14. The molecule has 0 aromatic carbocycles. The number of nitrogens with one attached hydrogen (secondary N) is 1. The van der Waals surface area contributed by atoms with Gasteiger partial charge in [0.25, 0.3) is 0 Å². The molecule has 17 heavy (non-hydrogen) atoms. The molecule has 0 aliphatic heterocycles. The van der Waals surface area contributed by atoms with Crippen LogP contribution in [0.1, 0.15) is 31.2 Å². The normalized spacial score (nSPS) is 13.0. The molecule has 0 saturated carbocycles. The van der Waals surface area contributed by atoms with E-state index in [0.29, 0.717) is 5.92 Å². The summed E-state index contributed by atoms with van der Waals surface area (Å²) in [6.07, 6.45) is 1.97. The first-order valence-electron chi connectivity index (χ1n) is 6.09. The third kappa shape index (κ3) is 4.08. The van der Waals surface area contributed by atoms with Crippen molar-refractivity contribution in [1.82, 2.24) is 15.1 Å². The second kappa shape index (κ2) is 7.13. The van der Waals surface area contributed by atoms with Gasteiger partial charge in [0.15, 0.2) is 0 Å². The zero-order valence-corrected chi connectivity index (χ0v) is 12.4. The minimum absolute atomic E-state index is 0.273. The maximum Gasteiger partial charge on any atom is 0.0739 e. The fraction of sp³-hybridized carbons (Fsp3) is 0.750. The van der Waals surface area contributed by atoms with Crippen molar-refractivity contribution in [2.75, 3.05) is 13.2 Å². The van der Waals surface area contributed by atoms with Crippen molar-refractivity contribution in [3.8, 4) is 0 Å². The topological polar surface area (TPSA) is 50.1 Å². The molecule has 0 radical (unpaired) electrons. The van der Waals surface area contributed by atoms with Crippen LogP contribution in [0.5, 0.6) is 0 Å². The van der Waals surface area contributed by atoms with Crippen molar-refractivity contribution in [3.05, 3.63) is 15.9 Å². The molecule has 2 N–H and O–H groups in total. The highest BCUT2D eigenvalue weighted by Gasteiger charge is 2.11. The quantitative estimate of drug-likeness (QED) is 0.810. The molecule has 1 aromatic rings. The van der Waals surface area contributed by atoms with Crippen molar-refractivity contribution in [2.45, 2.75) is 33.2 Å². The Morgan fingerprint density at radius 3 is 2.71 bits per heavy atom. The van der Waals surface area contributed by atoms with Crippen LogP contribution in [-0.4, -0.2) is 28.0 Å². The maximum atomic E-state index is 8.93. The average molecular weight is 304 g/mol. The van der Waals surface area contributed by atoms with Crippen molar-refractivity contribution < 1.29 is 5.11 Å². The molecular formula is C12H22BrN3O. The summed E-state index contributed by atoms with van der Waals surface area (Å²) in [5, 5.41) is 16.7. The largest absolute Gasteiger partial charge is 0.396 e. The van der Waals surface area contributed by atoms with E-state index in [4.69, 9.17) is 5.11 Å². The Morgan fingerprint density at radius 1 is 1.53 bits per heavy atom. The van der Waals surface area contributed by atoms with Gasteiger partial charge in [0, 0.05) is 20.2 Å². The van der Waals surface area contributed by atoms with Crippen LogP contribution in [0.2, 0.25) is 0 Å². The molecule has 0 aliphatic rings. The summed E-state index contributed by atoms with van der Waals surface area (Å²) in [5.41, 5.74) is 2.19. The molecule has 0 fully saturated rings. The highest BCUT2D eigenvalue weighted by atomic mass is 79.9. The molecule has 1 atom stereocenters. The lowest BCUT2D eigenvalue weighted by atomic mass is 10.0. The van der Waals surface area contributed by atoms with Crippen LogP contribution in [0.25, 0.3) is 0 Å². The Kier molecular flexibility index (Phi) is 6.16. The Balaban J connectivity index is 2.45. The average Bonchev–Trinajstić information content (AvgIpc) is 2.54. The first-order valence-corrected chi connectivity index (χ1v) is 6.89. The molecule has 1 aromatic heterocycles. The van der Waals surface area contributed by atoms with Gasteiger partial charge in [0.2, 0.25) is 0 Å². The number of aryl methyl sites for hydroxylation is 2. The Bertz CT molecular complexity index is 352. The third-order valence-corrected chi connectivity index (χ3v) is 4.13. The number of rotatable bonds is 7. The van der Waals surface area contributed by atoms with E-state index in [1.165, 1.54) is 5.69 Å². The number of nitrogens with zero attached hydrogens (tertiary/aromatic N) is 2. The minimum Gasteiger partial charge on any atom is -0.396 e. The maximum absolute atomic E-state index is 8.93. The molecule has 1 heterocycles. The zero-order valence-electron chi connectivity index (χ0n) is 10.8. The van der Waals surface area contributed by atoms with E-state index >= 15 is 0 Å². The summed E-state index contributed by atoms with van der Waals surface area (Å²) >= 11 is 3.55. The van der Waals surface area contributed by atoms with E-state index in [2.05, 4.69) is 33.3 Å². The van der Waals surface area contributed by atoms with Crippen LogP contribution in [0.4, 0.5) is 0 Å². The van der Waals surface area contributed by atoms with Gasteiger partial charge in [0.1, 0.15) is 0 Å². The van der Waals surface area contributed by atoms with Gasteiger partial charge in [0.05, 0.1) is 15.9 Å². The predicted octanol–water partition coefficient (Wildman–Crippen LogP) is 1.99. The number of hydrogen-bond donors (Lipinski definition) is 2. The molecule has 0 saturated heterocycles. The van der Waals surface area contributed by atoms with Crippen molar-refractivity contribution in [3.63, 3.8) is 0 Å². The molecule has 4 nitrogen and oxygen atoms in total. The lowest BCUT2D eigenvalue weighted by Crippen LogP contribution is -2.24. The Hall–Kier alpha value is -0.390. The first kappa shape index (κ1) is 14.7. The van der Waals surface area contributed by atoms with Crippen LogP contribution in [0.3, 0.4) is 0 Å². The predicted molar refractivity (Wildman–Crippen MR) is 72.8 cm³/mol. The van der Waals surface area contributed by atoms with Crippen LogP contribution >= 0.6 is 15.9 Å². The SMILES string of the molecule is CCC(CCO)CNCc1c(Br)c(C)nn1C. The molecule has 0 spiro atoms. The van der Waals surface area contributed by atoms with Gasteiger partial charge in [-0.1, -0.05) is 13.3 Å². The fourth-order valence-corrected chi connectivity index (χ4v) is 2.38. The number of aliphatic hydroxyl groups is 1. The highest BCUT2D eigenvalue weighted by molar-refractivity contribution is 9.10. The zero-order chi connectivity index (χ0) is 12.8. The molecule has 1 unspecified atom stereocenters. The third-order valence-electron chi connectivity index (χ3n) is 3.10. The van der Waals surface area contributed by atoms with E-state index in [0.717, 1.165) is 36.1 Å². The van der Waals surface area contributed by atoms with Gasteiger partial charge in [-0.15, -0.1) is 0 Å². The molecule has 0 aliphatic carbocycles. The van der Waals surface area contributed by atoms with Gasteiger partial charge >= 0.3 is 0 Å². The number of aliphatic hydroxyl groups excluding tert-OH is 1. The second-order valence-corrected chi connectivity index (χ2v) is 5.18. The van der Waals surface area contributed by atoms with Crippen molar-refractivity contribution in [1.29, 1.82) is 0 Å². The molecule has 98 valence electrons. The van der Waals surface area contributed by atoms with Gasteiger partial charge in [-0.05, 0) is 41.7 Å². The Labute approximate surface area is 112 Å². The summed E-state index contributed by atoms with van der Waals surface area (Å²) in [5.74, 6) is 0.549. The van der Waals surface area contributed by atoms with Crippen LogP contribution in [0, 0.1) is 12.8 Å². The second-order valence-electron chi connectivity index (χ2n) is 4.39. The molecular weight excluding hydrogens is 282 g/mol. The standard InChI is InChI=1S/C12H22BrN3O/c1-4-10(5-6-17)7-14-8-11-12(13)9(2)15-16(11)3/h10,14,17H,4-8H2,1-3H3. The Morgan fingerprint density at radius 2 is 2.24 bits per heavy atom. The van der Waals surface area contributed by atoms with Crippen LogP contribution < -0.4 is 5.32 Å². The lowest BCUT2D eigenvalue weighted by molar-refractivity contribution is 0.251. The van der Waals surface area contributed by atoms with Gasteiger partial charge in [-0.2, -0.15) is 5.10 Å². The van der Waals surface area contributed by atoms with E-state index in [9.17, 15) is 0 Å². The minimum atomic E-state index is 0.273. The van der Waals surface area contributed by atoms with E-state index < -0.39 is 0 Å². The highest BCUT2D eigenvalue weighted by Crippen LogP contribution is 2.19. The summed E-state index contributed by atoms with van der Waals surface area (Å²) < 4.78 is 2.99. The molecule has 0 amide bonds. The fourth-order valence-electron chi connectivity index (χ4n) is 1.90. The van der Waals surface area contributed by atoms with E-state index in [-0.39, 0.29) is 6.61 Å². The van der Waals surface area contributed by atoms with E-state index in [1.54, 1.807) is 0 Å². The van der Waals surface area contributed by atoms with Crippen molar-refractivity contribution in [2.24, 2.45) is 13.0 Å². The molecule has 5 heteroatoms. The molecule has 1 rings (SSSR count). The monoisotopic (exact) mass is 303 g/mol. The van der Waals surface area contributed by atoms with Crippen LogP contribution in [-0.2, 0) is 13.6 Å². The first-order chi connectivity index (χ1) is 8.10. The van der Waals surface area contributed by atoms with Crippen LogP contribution in [0.15, 0.2) is 4.47 Å².